The van der Waals surface area contributed by atoms with Crippen LogP contribution in [-0.2, 0) is 19.5 Å². The summed E-state index contributed by atoms with van der Waals surface area (Å²) in [5, 5.41) is 3.30. The van der Waals surface area contributed by atoms with Crippen molar-refractivity contribution in [1.29, 1.82) is 0 Å². The van der Waals surface area contributed by atoms with Crippen molar-refractivity contribution < 1.29 is 4.79 Å². The third-order valence-corrected chi connectivity index (χ3v) is 4.01. The van der Waals surface area contributed by atoms with E-state index in [2.05, 4.69) is 23.5 Å². The molecule has 116 valence electrons. The Morgan fingerprint density at radius 3 is 2.59 bits per heavy atom. The lowest BCUT2D eigenvalue weighted by Crippen LogP contribution is -2.28. The van der Waals surface area contributed by atoms with Gasteiger partial charge in [-0.05, 0) is 35.2 Å². The third-order valence-electron chi connectivity index (χ3n) is 4.01. The van der Waals surface area contributed by atoms with Gasteiger partial charge >= 0.3 is 0 Å². The lowest BCUT2D eigenvalue weighted by atomic mass is 10.1. The van der Waals surface area contributed by atoms with E-state index in [1.807, 2.05) is 37.4 Å². The molecule has 0 spiro atoms. The number of nitrogens with one attached hydrogen (secondary N) is 1. The maximum absolute atomic E-state index is 12.5. The summed E-state index contributed by atoms with van der Waals surface area (Å²) in [6.45, 7) is 2.51. The number of hydrogen-bond donors (Lipinski definition) is 1. The number of halogens is 1. The van der Waals surface area contributed by atoms with E-state index in [0.29, 0.717) is 0 Å². The van der Waals surface area contributed by atoms with E-state index in [4.69, 9.17) is 0 Å². The van der Waals surface area contributed by atoms with Crippen LogP contribution in [0.1, 0.15) is 27.0 Å². The summed E-state index contributed by atoms with van der Waals surface area (Å²) in [5.74, 6) is 0.0978. The first-order chi connectivity index (χ1) is 10.2. The highest BCUT2D eigenvalue weighted by Gasteiger charge is 2.16. The molecule has 1 aliphatic heterocycles. The fraction of sp³-hybridized carbons (Fsp3) is 0.278. The molecule has 22 heavy (non-hydrogen) atoms. The average molecular weight is 317 g/mol. The fourth-order valence-corrected chi connectivity index (χ4v) is 2.69. The Balaban J connectivity index is 0.00000176. The predicted molar refractivity (Wildman–Crippen MR) is 91.3 cm³/mol. The molecule has 0 saturated carbocycles. The topological polar surface area (TPSA) is 32.3 Å². The van der Waals surface area contributed by atoms with Gasteiger partial charge in [-0.1, -0.05) is 36.4 Å². The molecule has 0 aromatic heterocycles. The first-order valence-electron chi connectivity index (χ1n) is 7.36. The average Bonchev–Trinajstić information content (AvgIpc) is 3.00. The minimum absolute atomic E-state index is 0. The summed E-state index contributed by atoms with van der Waals surface area (Å²) in [4.78, 5) is 14.3. The molecule has 0 radical (unpaired) electrons. The van der Waals surface area contributed by atoms with Crippen molar-refractivity contribution in [3.8, 4) is 0 Å². The van der Waals surface area contributed by atoms with Crippen LogP contribution in [0.15, 0.2) is 48.5 Å². The molecule has 1 N–H and O–H groups in total. The van der Waals surface area contributed by atoms with Crippen LogP contribution in [0.2, 0.25) is 0 Å². The van der Waals surface area contributed by atoms with Gasteiger partial charge in [-0.3, -0.25) is 4.79 Å². The number of rotatable bonds is 4. The number of carbonyl (C=O) groups excluding carboxylic acids is 1. The number of likely N-dealkylation sites (N-methyl/N-ethyl adjacent to an activating group) is 1. The van der Waals surface area contributed by atoms with Gasteiger partial charge in [-0.2, -0.15) is 0 Å². The minimum Gasteiger partial charge on any atom is -0.341 e. The normalized spacial score (nSPS) is 12.4. The predicted octanol–water partition coefficient (Wildman–Crippen LogP) is 3.03. The van der Waals surface area contributed by atoms with Gasteiger partial charge in [0.15, 0.2) is 0 Å². The van der Waals surface area contributed by atoms with E-state index in [9.17, 15) is 4.79 Å². The molecule has 2 aromatic carbocycles. The monoisotopic (exact) mass is 316 g/mol. The molecular formula is C18H21ClN2O. The summed E-state index contributed by atoms with van der Waals surface area (Å²) in [7, 11) is 1.87. The van der Waals surface area contributed by atoms with Crippen molar-refractivity contribution in [3.05, 3.63) is 70.8 Å². The van der Waals surface area contributed by atoms with Gasteiger partial charge in [0.2, 0.25) is 0 Å². The maximum atomic E-state index is 12.5. The molecule has 0 bridgehead atoms. The van der Waals surface area contributed by atoms with Crippen molar-refractivity contribution in [2.45, 2.75) is 19.5 Å². The number of amides is 1. The van der Waals surface area contributed by atoms with Crippen molar-refractivity contribution in [1.82, 2.24) is 10.2 Å². The number of benzene rings is 2. The highest BCUT2D eigenvalue weighted by molar-refractivity contribution is 5.94. The standard InChI is InChI=1S/C18H20N2O.ClH/c1-20(10-9-14-5-3-2-4-6-14)18(21)15-7-8-16-12-19-13-17(16)11-15;/h2-8,11,19H,9-10,12-13H2,1H3;1H. The zero-order valence-electron chi connectivity index (χ0n) is 12.7. The molecule has 0 atom stereocenters. The highest BCUT2D eigenvalue weighted by atomic mass is 35.5. The van der Waals surface area contributed by atoms with Gasteiger partial charge in [0.1, 0.15) is 0 Å². The number of nitrogens with zero attached hydrogens (tertiary/aromatic N) is 1. The molecule has 2 aromatic rings. The van der Waals surface area contributed by atoms with Crippen LogP contribution in [0.3, 0.4) is 0 Å². The second-order valence-electron chi connectivity index (χ2n) is 5.55. The molecule has 3 nitrogen and oxygen atoms in total. The summed E-state index contributed by atoms with van der Waals surface area (Å²) in [6.07, 6.45) is 0.885. The van der Waals surface area contributed by atoms with Gasteiger partial charge in [-0.25, -0.2) is 0 Å². The highest BCUT2D eigenvalue weighted by Crippen LogP contribution is 2.18. The van der Waals surface area contributed by atoms with Crippen molar-refractivity contribution >= 4 is 18.3 Å². The van der Waals surface area contributed by atoms with Gasteiger partial charge in [0, 0.05) is 32.2 Å². The van der Waals surface area contributed by atoms with Gasteiger partial charge < -0.3 is 10.2 Å². The van der Waals surface area contributed by atoms with Crippen LogP contribution >= 0.6 is 12.4 Å². The molecule has 1 aliphatic rings. The van der Waals surface area contributed by atoms with Crippen molar-refractivity contribution in [2.24, 2.45) is 0 Å². The lowest BCUT2D eigenvalue weighted by Gasteiger charge is -2.17. The zero-order valence-corrected chi connectivity index (χ0v) is 13.5. The second-order valence-corrected chi connectivity index (χ2v) is 5.55. The first-order valence-corrected chi connectivity index (χ1v) is 7.36. The Hall–Kier alpha value is -1.84. The number of fused-ring (bicyclic) bond motifs is 1. The van der Waals surface area contributed by atoms with Gasteiger partial charge in [0.25, 0.3) is 5.91 Å². The van der Waals surface area contributed by atoms with Gasteiger partial charge in [-0.15, -0.1) is 12.4 Å². The summed E-state index contributed by atoms with van der Waals surface area (Å²) in [5.41, 5.74) is 4.60. The van der Waals surface area contributed by atoms with Gasteiger partial charge in [0.05, 0.1) is 0 Å². The summed E-state index contributed by atoms with van der Waals surface area (Å²) in [6, 6.07) is 16.3. The number of carbonyl (C=O) groups is 1. The quantitative estimate of drug-likeness (QED) is 0.940. The van der Waals surface area contributed by atoms with Crippen LogP contribution in [0.4, 0.5) is 0 Å². The Labute approximate surface area is 137 Å². The molecule has 0 saturated heterocycles. The first kappa shape index (κ1) is 16.5. The van der Waals surface area contributed by atoms with E-state index >= 15 is 0 Å². The van der Waals surface area contributed by atoms with Crippen LogP contribution in [0, 0.1) is 0 Å². The van der Waals surface area contributed by atoms with Crippen LogP contribution < -0.4 is 5.32 Å². The maximum Gasteiger partial charge on any atom is 0.253 e. The Kier molecular flexibility index (Phi) is 5.58. The Bertz CT molecular complexity index is 643. The molecule has 3 rings (SSSR count). The molecular weight excluding hydrogens is 296 g/mol. The van der Waals surface area contributed by atoms with E-state index in [-0.39, 0.29) is 18.3 Å². The van der Waals surface area contributed by atoms with Crippen molar-refractivity contribution in [3.63, 3.8) is 0 Å². The van der Waals surface area contributed by atoms with E-state index in [1.54, 1.807) is 4.90 Å². The summed E-state index contributed by atoms with van der Waals surface area (Å²) >= 11 is 0. The molecule has 1 heterocycles. The van der Waals surface area contributed by atoms with Crippen LogP contribution in [0.5, 0.6) is 0 Å². The number of hydrogen-bond acceptors (Lipinski definition) is 2. The van der Waals surface area contributed by atoms with E-state index in [0.717, 1.165) is 31.6 Å². The Morgan fingerprint density at radius 1 is 1.09 bits per heavy atom. The zero-order chi connectivity index (χ0) is 14.7. The second kappa shape index (κ2) is 7.43. The largest absolute Gasteiger partial charge is 0.341 e. The molecule has 4 heteroatoms. The summed E-state index contributed by atoms with van der Waals surface area (Å²) < 4.78 is 0. The van der Waals surface area contributed by atoms with Crippen LogP contribution in [0.25, 0.3) is 0 Å². The lowest BCUT2D eigenvalue weighted by molar-refractivity contribution is 0.0796. The SMILES string of the molecule is CN(CCc1ccccc1)C(=O)c1ccc2c(c1)CNC2.Cl. The van der Waals surface area contributed by atoms with Crippen molar-refractivity contribution in [2.75, 3.05) is 13.6 Å². The molecule has 0 unspecified atom stereocenters. The Morgan fingerprint density at radius 2 is 1.82 bits per heavy atom. The third kappa shape index (κ3) is 3.67. The molecule has 0 aliphatic carbocycles. The molecule has 1 amide bonds. The minimum atomic E-state index is 0. The van der Waals surface area contributed by atoms with Crippen LogP contribution in [-0.4, -0.2) is 24.4 Å². The smallest absolute Gasteiger partial charge is 0.253 e. The fourth-order valence-electron chi connectivity index (χ4n) is 2.69. The van der Waals surface area contributed by atoms with E-state index < -0.39 is 0 Å². The molecule has 0 fully saturated rings. The van der Waals surface area contributed by atoms with E-state index in [1.165, 1.54) is 16.7 Å².